The van der Waals surface area contributed by atoms with Crippen molar-refractivity contribution in [2.24, 2.45) is 0 Å². The zero-order valence-electron chi connectivity index (χ0n) is 12.5. The van der Waals surface area contributed by atoms with Crippen LogP contribution in [0.25, 0.3) is 0 Å². The van der Waals surface area contributed by atoms with Crippen molar-refractivity contribution in [3.8, 4) is 0 Å². The third kappa shape index (κ3) is 2.72. The Bertz CT molecular complexity index is 697. The number of carbonyl (C=O) groups is 2. The van der Waals surface area contributed by atoms with Crippen molar-refractivity contribution < 1.29 is 9.59 Å². The third-order valence-corrected chi connectivity index (χ3v) is 3.93. The van der Waals surface area contributed by atoms with E-state index < -0.39 is 6.04 Å². The summed E-state index contributed by atoms with van der Waals surface area (Å²) in [6.07, 6.45) is 0.566. The van der Waals surface area contributed by atoms with Crippen LogP contribution in [0.15, 0.2) is 54.6 Å². The van der Waals surface area contributed by atoms with E-state index in [0.29, 0.717) is 13.0 Å². The van der Waals surface area contributed by atoms with Crippen LogP contribution in [0.4, 0.5) is 5.69 Å². The lowest BCUT2D eigenvalue weighted by atomic mass is 10.1. The van der Waals surface area contributed by atoms with Crippen LogP contribution in [0.5, 0.6) is 0 Å². The van der Waals surface area contributed by atoms with Gasteiger partial charge < -0.3 is 5.32 Å². The minimum absolute atomic E-state index is 0.107. The molecule has 3 rings (SSSR count). The number of hydrogen-bond acceptors (Lipinski definition) is 2. The Labute approximate surface area is 129 Å². The molecule has 1 N–H and O–H groups in total. The molecule has 1 aliphatic heterocycles. The summed E-state index contributed by atoms with van der Waals surface area (Å²) in [5.41, 5.74) is 2.92. The van der Waals surface area contributed by atoms with E-state index in [1.807, 2.05) is 54.6 Å². The number of anilines is 1. The van der Waals surface area contributed by atoms with Gasteiger partial charge in [-0.3, -0.25) is 14.5 Å². The Kier molecular flexibility index (Phi) is 3.92. The first-order chi connectivity index (χ1) is 10.7. The number of nitrogens with zero attached hydrogens (tertiary/aromatic N) is 1. The highest BCUT2D eigenvalue weighted by Gasteiger charge is 2.36. The van der Waals surface area contributed by atoms with Crippen LogP contribution in [-0.4, -0.2) is 17.9 Å². The fourth-order valence-electron chi connectivity index (χ4n) is 2.89. The lowest BCUT2D eigenvalue weighted by molar-refractivity contribution is -0.125. The normalized spacial score (nSPS) is 16.2. The average Bonchev–Trinajstić information content (AvgIpc) is 2.93. The molecule has 0 aliphatic carbocycles. The van der Waals surface area contributed by atoms with Gasteiger partial charge in [0, 0.05) is 25.6 Å². The molecule has 1 atom stereocenters. The summed E-state index contributed by atoms with van der Waals surface area (Å²) >= 11 is 0. The summed E-state index contributed by atoms with van der Waals surface area (Å²) in [7, 11) is 0. The van der Waals surface area contributed by atoms with Gasteiger partial charge in [-0.25, -0.2) is 0 Å². The molecule has 1 aliphatic rings. The van der Waals surface area contributed by atoms with Crippen LogP contribution in [0.2, 0.25) is 0 Å². The SMILES string of the molecule is CC(=O)N1c2ccccc2CC1C(=O)NCc1ccccc1. The highest BCUT2D eigenvalue weighted by molar-refractivity contribution is 6.02. The minimum atomic E-state index is -0.460. The molecule has 4 heteroatoms. The van der Waals surface area contributed by atoms with Gasteiger partial charge in [0.2, 0.25) is 11.8 Å². The third-order valence-electron chi connectivity index (χ3n) is 3.93. The van der Waals surface area contributed by atoms with E-state index in [4.69, 9.17) is 0 Å². The number of hydrogen-bond donors (Lipinski definition) is 1. The quantitative estimate of drug-likeness (QED) is 0.944. The molecule has 0 radical (unpaired) electrons. The number of fused-ring (bicyclic) bond motifs is 1. The molecule has 112 valence electrons. The molecule has 0 saturated heterocycles. The standard InChI is InChI=1S/C18H18N2O2/c1-13(21)20-16-10-6-5-9-15(16)11-17(20)18(22)19-12-14-7-3-2-4-8-14/h2-10,17H,11-12H2,1H3,(H,19,22). The Morgan fingerprint density at radius 2 is 1.77 bits per heavy atom. The summed E-state index contributed by atoms with van der Waals surface area (Å²) < 4.78 is 0. The summed E-state index contributed by atoms with van der Waals surface area (Å²) in [5.74, 6) is -0.222. The lowest BCUT2D eigenvalue weighted by Gasteiger charge is -2.23. The summed E-state index contributed by atoms with van der Waals surface area (Å²) in [5, 5.41) is 2.93. The highest BCUT2D eigenvalue weighted by Crippen LogP contribution is 2.32. The second-order valence-corrected chi connectivity index (χ2v) is 5.44. The zero-order valence-corrected chi connectivity index (χ0v) is 12.5. The molecule has 2 aromatic carbocycles. The Hall–Kier alpha value is -2.62. The molecule has 22 heavy (non-hydrogen) atoms. The maximum Gasteiger partial charge on any atom is 0.243 e. The van der Waals surface area contributed by atoms with Crippen molar-refractivity contribution in [1.82, 2.24) is 5.32 Å². The zero-order chi connectivity index (χ0) is 15.5. The van der Waals surface area contributed by atoms with Crippen molar-refractivity contribution in [3.63, 3.8) is 0 Å². The Morgan fingerprint density at radius 1 is 1.09 bits per heavy atom. The van der Waals surface area contributed by atoms with Crippen molar-refractivity contribution in [2.45, 2.75) is 25.9 Å². The molecule has 1 unspecified atom stereocenters. The number of nitrogens with one attached hydrogen (secondary N) is 1. The molecule has 0 spiro atoms. The maximum atomic E-state index is 12.5. The monoisotopic (exact) mass is 294 g/mol. The van der Waals surface area contributed by atoms with Crippen molar-refractivity contribution in [2.75, 3.05) is 4.90 Å². The predicted octanol–water partition coefficient (Wildman–Crippen LogP) is 2.28. The number of benzene rings is 2. The summed E-state index contributed by atoms with van der Waals surface area (Å²) in [4.78, 5) is 26.0. The van der Waals surface area contributed by atoms with Crippen molar-refractivity contribution in [3.05, 3.63) is 65.7 Å². The van der Waals surface area contributed by atoms with Gasteiger partial charge in [0.15, 0.2) is 0 Å². The van der Waals surface area contributed by atoms with Crippen LogP contribution < -0.4 is 10.2 Å². The van der Waals surface area contributed by atoms with Crippen LogP contribution in [0.1, 0.15) is 18.1 Å². The molecular weight excluding hydrogens is 276 g/mol. The van der Waals surface area contributed by atoms with E-state index in [1.54, 1.807) is 4.90 Å². The summed E-state index contributed by atoms with van der Waals surface area (Å²) in [6.45, 7) is 1.97. The van der Waals surface area contributed by atoms with Gasteiger partial charge in [0.25, 0.3) is 0 Å². The average molecular weight is 294 g/mol. The fourth-order valence-corrected chi connectivity index (χ4v) is 2.89. The van der Waals surface area contributed by atoms with E-state index in [-0.39, 0.29) is 11.8 Å². The van der Waals surface area contributed by atoms with Gasteiger partial charge >= 0.3 is 0 Å². The molecule has 0 bridgehead atoms. The number of amides is 2. The minimum Gasteiger partial charge on any atom is -0.350 e. The number of carbonyl (C=O) groups excluding carboxylic acids is 2. The molecule has 2 aromatic rings. The predicted molar refractivity (Wildman–Crippen MR) is 85.4 cm³/mol. The van der Waals surface area contributed by atoms with Crippen LogP contribution in [-0.2, 0) is 22.6 Å². The molecule has 0 saturated carbocycles. The number of para-hydroxylation sites is 1. The second kappa shape index (κ2) is 6.02. The van der Waals surface area contributed by atoms with Gasteiger partial charge in [0.05, 0.1) is 0 Å². The lowest BCUT2D eigenvalue weighted by Crippen LogP contribution is -2.47. The molecule has 2 amide bonds. The van der Waals surface area contributed by atoms with Gasteiger partial charge in [-0.15, -0.1) is 0 Å². The van der Waals surface area contributed by atoms with Crippen LogP contribution >= 0.6 is 0 Å². The molecule has 1 heterocycles. The fraction of sp³-hybridized carbons (Fsp3) is 0.222. The maximum absolute atomic E-state index is 12.5. The molecule has 0 aromatic heterocycles. The van der Waals surface area contributed by atoms with Gasteiger partial charge in [0.1, 0.15) is 6.04 Å². The van der Waals surface area contributed by atoms with E-state index in [1.165, 1.54) is 6.92 Å². The van der Waals surface area contributed by atoms with Crippen molar-refractivity contribution in [1.29, 1.82) is 0 Å². The first-order valence-corrected chi connectivity index (χ1v) is 7.36. The Balaban J connectivity index is 1.74. The van der Waals surface area contributed by atoms with Crippen LogP contribution in [0.3, 0.4) is 0 Å². The van der Waals surface area contributed by atoms with E-state index >= 15 is 0 Å². The molecular formula is C18H18N2O2. The van der Waals surface area contributed by atoms with Crippen molar-refractivity contribution >= 4 is 17.5 Å². The highest BCUT2D eigenvalue weighted by atomic mass is 16.2. The van der Waals surface area contributed by atoms with Crippen LogP contribution in [0, 0.1) is 0 Å². The first-order valence-electron chi connectivity index (χ1n) is 7.36. The molecule has 0 fully saturated rings. The van der Waals surface area contributed by atoms with E-state index in [0.717, 1.165) is 16.8 Å². The first kappa shape index (κ1) is 14.3. The largest absolute Gasteiger partial charge is 0.350 e. The van der Waals surface area contributed by atoms with E-state index in [9.17, 15) is 9.59 Å². The Morgan fingerprint density at radius 3 is 2.50 bits per heavy atom. The van der Waals surface area contributed by atoms with Gasteiger partial charge in [-0.05, 0) is 17.2 Å². The van der Waals surface area contributed by atoms with Gasteiger partial charge in [-0.1, -0.05) is 48.5 Å². The molecule has 4 nitrogen and oxygen atoms in total. The summed E-state index contributed by atoms with van der Waals surface area (Å²) in [6, 6.07) is 17.0. The second-order valence-electron chi connectivity index (χ2n) is 5.44. The van der Waals surface area contributed by atoms with E-state index in [2.05, 4.69) is 5.32 Å². The number of rotatable bonds is 3. The smallest absolute Gasteiger partial charge is 0.243 e. The topological polar surface area (TPSA) is 49.4 Å². The van der Waals surface area contributed by atoms with Gasteiger partial charge in [-0.2, -0.15) is 0 Å².